The van der Waals surface area contributed by atoms with Gasteiger partial charge in [0.15, 0.2) is 0 Å². The Labute approximate surface area is 116 Å². The first kappa shape index (κ1) is 12.8. The Bertz CT molecular complexity index is 566. The Hall–Kier alpha value is -0.640. The molecule has 0 aromatic heterocycles. The van der Waals surface area contributed by atoms with Gasteiger partial charge in [-0.3, -0.25) is 0 Å². The van der Waals surface area contributed by atoms with E-state index >= 15 is 0 Å². The molecule has 0 aliphatic rings. The molecule has 0 fully saturated rings. The zero-order valence-electron chi connectivity index (χ0n) is 9.11. The molecular weight excluding hydrogens is 320 g/mol. The molecule has 1 unspecified atom stereocenters. The van der Waals surface area contributed by atoms with Crippen molar-refractivity contribution in [3.05, 3.63) is 57.5 Å². The lowest BCUT2D eigenvalue weighted by molar-refractivity contribution is 0.683. The summed E-state index contributed by atoms with van der Waals surface area (Å²) in [5, 5.41) is 0.626. The molecule has 1 nitrogen and oxygen atoms in total. The summed E-state index contributed by atoms with van der Waals surface area (Å²) in [6.45, 7) is 2.00. The van der Waals surface area contributed by atoms with Crippen molar-refractivity contribution in [3.8, 4) is 0 Å². The molecule has 0 bridgehead atoms. The largest absolute Gasteiger partial charge is 0.249 e. The summed E-state index contributed by atoms with van der Waals surface area (Å²) in [5.74, 6) is 0. The average molecular weight is 330 g/mol. The second-order valence-electron chi connectivity index (χ2n) is 3.66. The third kappa shape index (κ3) is 2.97. The predicted molar refractivity (Wildman–Crippen MR) is 75.0 cm³/mol. The molecule has 88 valence electrons. The Morgan fingerprint density at radius 2 is 1.76 bits per heavy atom. The molecule has 0 spiro atoms. The van der Waals surface area contributed by atoms with Crippen molar-refractivity contribution < 1.29 is 4.21 Å². The predicted octanol–water partition coefficient (Wildman–Crippen LogP) is 4.58. The van der Waals surface area contributed by atoms with E-state index in [1.165, 1.54) is 0 Å². The minimum Gasteiger partial charge on any atom is -0.249 e. The molecule has 0 heterocycles. The molecule has 2 aromatic carbocycles. The van der Waals surface area contributed by atoms with Crippen LogP contribution >= 0.6 is 27.5 Å². The van der Waals surface area contributed by atoms with Crippen molar-refractivity contribution in [3.63, 3.8) is 0 Å². The maximum atomic E-state index is 12.3. The molecule has 0 aliphatic carbocycles. The minimum absolute atomic E-state index is 0.626. The SMILES string of the molecule is Cc1ccc(S(=O)c2ccc(Cl)cc2Br)cc1. The third-order valence-electron chi connectivity index (χ3n) is 2.33. The van der Waals surface area contributed by atoms with Crippen LogP contribution in [0.4, 0.5) is 0 Å². The van der Waals surface area contributed by atoms with Gasteiger partial charge in [0.25, 0.3) is 0 Å². The van der Waals surface area contributed by atoms with Gasteiger partial charge >= 0.3 is 0 Å². The van der Waals surface area contributed by atoms with E-state index in [-0.39, 0.29) is 0 Å². The maximum absolute atomic E-state index is 12.3. The van der Waals surface area contributed by atoms with Crippen molar-refractivity contribution in [1.29, 1.82) is 0 Å². The summed E-state index contributed by atoms with van der Waals surface area (Å²) in [6, 6.07) is 13.0. The van der Waals surface area contributed by atoms with E-state index in [2.05, 4.69) is 15.9 Å². The van der Waals surface area contributed by atoms with Crippen LogP contribution in [-0.2, 0) is 10.8 Å². The van der Waals surface area contributed by atoms with Crippen LogP contribution in [-0.4, -0.2) is 4.21 Å². The van der Waals surface area contributed by atoms with Crippen molar-refractivity contribution in [2.45, 2.75) is 16.7 Å². The first-order chi connectivity index (χ1) is 8.08. The highest BCUT2D eigenvalue weighted by Crippen LogP contribution is 2.27. The van der Waals surface area contributed by atoms with Crippen molar-refractivity contribution in [1.82, 2.24) is 0 Å². The number of halogens is 2. The van der Waals surface area contributed by atoms with Crippen LogP contribution in [0.2, 0.25) is 5.02 Å². The Balaban J connectivity index is 2.40. The van der Waals surface area contributed by atoms with Gasteiger partial charge < -0.3 is 0 Å². The van der Waals surface area contributed by atoms with Gasteiger partial charge in [-0.15, -0.1) is 0 Å². The van der Waals surface area contributed by atoms with E-state index in [1.807, 2.05) is 31.2 Å². The number of aryl methyl sites for hydroxylation is 1. The fourth-order valence-corrected chi connectivity index (χ4v) is 3.60. The van der Waals surface area contributed by atoms with Gasteiger partial charge in [0.05, 0.1) is 15.7 Å². The molecule has 17 heavy (non-hydrogen) atoms. The molecular formula is C13H10BrClOS. The Morgan fingerprint density at radius 3 is 2.35 bits per heavy atom. The second-order valence-corrected chi connectivity index (χ2v) is 6.40. The number of hydrogen-bond donors (Lipinski definition) is 0. The van der Waals surface area contributed by atoms with Gasteiger partial charge in [-0.05, 0) is 53.2 Å². The average Bonchev–Trinajstić information content (AvgIpc) is 2.29. The second kappa shape index (κ2) is 5.34. The van der Waals surface area contributed by atoms with E-state index in [0.717, 1.165) is 19.8 Å². The number of rotatable bonds is 2. The van der Waals surface area contributed by atoms with Gasteiger partial charge in [-0.2, -0.15) is 0 Å². The van der Waals surface area contributed by atoms with Crippen LogP contribution < -0.4 is 0 Å². The lowest BCUT2D eigenvalue weighted by Crippen LogP contribution is -1.94. The zero-order valence-corrected chi connectivity index (χ0v) is 12.3. The first-order valence-electron chi connectivity index (χ1n) is 5.01. The summed E-state index contributed by atoms with van der Waals surface area (Å²) in [5.41, 5.74) is 1.15. The van der Waals surface area contributed by atoms with Crippen LogP contribution in [0, 0.1) is 6.92 Å². The lowest BCUT2D eigenvalue weighted by Gasteiger charge is -2.05. The first-order valence-corrected chi connectivity index (χ1v) is 7.33. The van der Waals surface area contributed by atoms with Gasteiger partial charge in [-0.1, -0.05) is 29.3 Å². The van der Waals surface area contributed by atoms with Crippen LogP contribution in [0.3, 0.4) is 0 Å². The summed E-state index contributed by atoms with van der Waals surface area (Å²) in [6.07, 6.45) is 0. The molecule has 0 saturated heterocycles. The summed E-state index contributed by atoms with van der Waals surface area (Å²) in [4.78, 5) is 1.52. The van der Waals surface area contributed by atoms with Gasteiger partial charge in [0, 0.05) is 14.4 Å². The van der Waals surface area contributed by atoms with Crippen LogP contribution in [0.1, 0.15) is 5.56 Å². The molecule has 4 heteroatoms. The summed E-state index contributed by atoms with van der Waals surface area (Å²) in [7, 11) is -1.18. The fourth-order valence-electron chi connectivity index (χ4n) is 1.41. The van der Waals surface area contributed by atoms with E-state index in [4.69, 9.17) is 11.6 Å². The van der Waals surface area contributed by atoms with Gasteiger partial charge in [-0.25, -0.2) is 4.21 Å². The minimum atomic E-state index is -1.18. The van der Waals surface area contributed by atoms with E-state index in [9.17, 15) is 4.21 Å². The van der Waals surface area contributed by atoms with Crippen LogP contribution in [0.5, 0.6) is 0 Å². The highest BCUT2D eigenvalue weighted by molar-refractivity contribution is 9.10. The van der Waals surface area contributed by atoms with Gasteiger partial charge in [0.2, 0.25) is 0 Å². The molecule has 2 rings (SSSR count). The van der Waals surface area contributed by atoms with E-state index in [0.29, 0.717) is 5.02 Å². The quantitative estimate of drug-likeness (QED) is 0.788. The highest BCUT2D eigenvalue weighted by Gasteiger charge is 2.10. The number of hydrogen-bond acceptors (Lipinski definition) is 1. The molecule has 0 saturated carbocycles. The fraction of sp³-hybridized carbons (Fsp3) is 0.0769. The standard InChI is InChI=1S/C13H10BrClOS/c1-9-2-5-11(6-3-9)17(16)13-7-4-10(15)8-12(13)14/h2-8H,1H3. The van der Waals surface area contributed by atoms with Crippen LogP contribution in [0.15, 0.2) is 56.7 Å². The summed E-state index contributed by atoms with van der Waals surface area (Å²) < 4.78 is 13.1. The van der Waals surface area contributed by atoms with Crippen molar-refractivity contribution in [2.75, 3.05) is 0 Å². The lowest BCUT2D eigenvalue weighted by atomic mass is 10.2. The highest BCUT2D eigenvalue weighted by atomic mass is 79.9. The van der Waals surface area contributed by atoms with E-state index < -0.39 is 10.8 Å². The Morgan fingerprint density at radius 1 is 1.12 bits per heavy atom. The topological polar surface area (TPSA) is 17.1 Å². The molecule has 0 aliphatic heterocycles. The molecule has 0 radical (unpaired) electrons. The Kier molecular flexibility index (Phi) is 4.02. The monoisotopic (exact) mass is 328 g/mol. The molecule has 0 N–H and O–H groups in total. The van der Waals surface area contributed by atoms with Gasteiger partial charge in [0.1, 0.15) is 0 Å². The van der Waals surface area contributed by atoms with Crippen molar-refractivity contribution >= 4 is 38.3 Å². The number of benzene rings is 2. The van der Waals surface area contributed by atoms with Crippen LogP contribution in [0.25, 0.3) is 0 Å². The van der Waals surface area contributed by atoms with E-state index in [1.54, 1.807) is 18.2 Å². The van der Waals surface area contributed by atoms with Crippen molar-refractivity contribution in [2.24, 2.45) is 0 Å². The molecule has 0 amide bonds. The third-order valence-corrected chi connectivity index (χ3v) is 4.94. The zero-order chi connectivity index (χ0) is 12.4. The smallest absolute Gasteiger partial charge is 0.0861 e. The summed E-state index contributed by atoms with van der Waals surface area (Å²) >= 11 is 9.24. The normalized spacial score (nSPS) is 12.4. The molecule has 2 aromatic rings. The molecule has 1 atom stereocenters. The maximum Gasteiger partial charge on any atom is 0.0861 e.